The number of carbonyl (C=O) groups is 1. The number of nitrogens with one attached hydrogen (secondary N) is 3. The first kappa shape index (κ1) is 27.5. The van der Waals surface area contributed by atoms with Crippen LogP contribution in [0.4, 0.5) is 26.2 Å². The van der Waals surface area contributed by atoms with Gasteiger partial charge in [-0.25, -0.2) is 9.18 Å². The molecular formula is C29H31ClFN7O2. The number of ether oxygens (including phenoxy) is 1. The van der Waals surface area contributed by atoms with Crippen molar-refractivity contribution in [1.82, 2.24) is 20.6 Å². The number of urea groups is 1. The Balaban J connectivity index is 1.54. The highest BCUT2D eigenvalue weighted by Crippen LogP contribution is 2.38. The van der Waals surface area contributed by atoms with E-state index in [9.17, 15) is 9.18 Å². The van der Waals surface area contributed by atoms with E-state index >= 15 is 0 Å². The fraction of sp³-hybridized carbons (Fsp3) is 0.310. The number of H-pyrrole nitrogens is 1. The summed E-state index contributed by atoms with van der Waals surface area (Å²) in [5.74, 6) is -0.149. The third kappa shape index (κ3) is 6.40. The maximum atomic E-state index is 14.4. The third-order valence-electron chi connectivity index (χ3n) is 7.11. The monoisotopic (exact) mass is 563 g/mol. The highest BCUT2D eigenvalue weighted by atomic mass is 35.5. The molecule has 1 aromatic heterocycles. The molecular weight excluding hydrogens is 533 g/mol. The predicted molar refractivity (Wildman–Crippen MR) is 155 cm³/mol. The minimum absolute atomic E-state index is 0.0329. The van der Waals surface area contributed by atoms with Crippen LogP contribution < -0.4 is 15.5 Å². The molecule has 3 N–H and O–H groups in total. The van der Waals surface area contributed by atoms with E-state index < -0.39 is 11.8 Å². The number of hydrogen-bond donors (Lipinski definition) is 3. The molecule has 0 bridgehead atoms. The van der Waals surface area contributed by atoms with Crippen LogP contribution in [0.1, 0.15) is 32.1 Å². The molecule has 0 aliphatic heterocycles. The topological polar surface area (TPSA) is 108 Å². The molecule has 40 heavy (non-hydrogen) atoms. The summed E-state index contributed by atoms with van der Waals surface area (Å²) in [4.78, 5) is 15.5. The Morgan fingerprint density at radius 1 is 1.05 bits per heavy atom. The van der Waals surface area contributed by atoms with Gasteiger partial charge >= 0.3 is 6.03 Å². The number of nitrogens with zero attached hydrogens (tertiary/aromatic N) is 4. The molecule has 1 fully saturated rings. The van der Waals surface area contributed by atoms with Crippen LogP contribution in [0.15, 0.2) is 60.7 Å². The summed E-state index contributed by atoms with van der Waals surface area (Å²) < 4.78 is 19.9. The molecule has 1 aliphatic rings. The molecule has 0 spiro atoms. The van der Waals surface area contributed by atoms with E-state index in [4.69, 9.17) is 16.3 Å². The number of methoxy groups -OCH3 is 1. The quantitative estimate of drug-likeness (QED) is 0.208. The number of amides is 2. The van der Waals surface area contributed by atoms with E-state index in [1.807, 2.05) is 42.5 Å². The van der Waals surface area contributed by atoms with Crippen LogP contribution in [0.5, 0.6) is 0 Å². The number of rotatable bonds is 9. The van der Waals surface area contributed by atoms with E-state index in [1.165, 1.54) is 18.6 Å². The van der Waals surface area contributed by atoms with E-state index in [0.29, 0.717) is 30.7 Å². The van der Waals surface area contributed by atoms with Crippen LogP contribution in [0.3, 0.4) is 0 Å². The van der Waals surface area contributed by atoms with Crippen molar-refractivity contribution in [3.8, 4) is 22.5 Å². The number of aromatic amines is 1. The van der Waals surface area contributed by atoms with Crippen molar-refractivity contribution in [3.63, 3.8) is 0 Å². The predicted octanol–water partition coefficient (Wildman–Crippen LogP) is 6.76. The van der Waals surface area contributed by atoms with Crippen molar-refractivity contribution in [1.29, 1.82) is 0 Å². The standard InChI is InChI=1S/C29H31ClFN7O2/c1-40-16-15-38(21-7-3-2-4-8-21)27-14-11-19(22-9-5-6-10-23(22)28-34-36-37-35-28)17-26(27)33-29(39)32-25-13-12-20(30)18-24(25)31/h5-6,9-14,17-18,21H,2-4,7-8,15-16H2,1H3,(H2,32,33,39)(H,34,35,36,37). The van der Waals surface area contributed by atoms with Gasteiger partial charge in [0.1, 0.15) is 5.82 Å². The van der Waals surface area contributed by atoms with Crippen molar-refractivity contribution < 1.29 is 13.9 Å². The van der Waals surface area contributed by atoms with Gasteiger partial charge in [-0.3, -0.25) is 0 Å². The zero-order valence-electron chi connectivity index (χ0n) is 22.2. The van der Waals surface area contributed by atoms with Gasteiger partial charge in [0.2, 0.25) is 5.82 Å². The summed E-state index contributed by atoms with van der Waals surface area (Å²) in [6.07, 6.45) is 5.66. The largest absolute Gasteiger partial charge is 0.383 e. The van der Waals surface area contributed by atoms with Gasteiger partial charge in [-0.1, -0.05) is 61.2 Å². The Hall–Kier alpha value is -4.02. The molecule has 208 valence electrons. The smallest absolute Gasteiger partial charge is 0.323 e. The highest BCUT2D eigenvalue weighted by molar-refractivity contribution is 6.30. The second kappa shape index (κ2) is 12.9. The lowest BCUT2D eigenvalue weighted by Crippen LogP contribution is -2.39. The van der Waals surface area contributed by atoms with Gasteiger partial charge in [-0.05, 0) is 59.5 Å². The molecule has 1 aliphatic carbocycles. The summed E-state index contributed by atoms with van der Waals surface area (Å²) in [7, 11) is 1.68. The maximum absolute atomic E-state index is 14.4. The lowest BCUT2D eigenvalue weighted by atomic mass is 9.93. The van der Waals surface area contributed by atoms with Gasteiger partial charge in [-0.15, -0.1) is 10.2 Å². The molecule has 9 nitrogen and oxygen atoms in total. The Bertz CT molecular complexity index is 1440. The van der Waals surface area contributed by atoms with Gasteiger partial charge in [0.25, 0.3) is 0 Å². The van der Waals surface area contributed by atoms with Crippen LogP contribution in [-0.4, -0.2) is 53.0 Å². The zero-order chi connectivity index (χ0) is 27.9. The van der Waals surface area contributed by atoms with Gasteiger partial charge in [-0.2, -0.15) is 5.21 Å². The molecule has 4 aromatic rings. The maximum Gasteiger partial charge on any atom is 0.323 e. The summed E-state index contributed by atoms with van der Waals surface area (Å²) in [5.41, 5.74) is 4.03. The van der Waals surface area contributed by atoms with Crippen molar-refractivity contribution in [2.45, 2.75) is 38.1 Å². The Labute approximate surface area is 237 Å². The van der Waals surface area contributed by atoms with Crippen LogP contribution >= 0.6 is 11.6 Å². The first-order valence-corrected chi connectivity index (χ1v) is 13.7. The normalized spacial score (nSPS) is 13.7. The number of carbonyl (C=O) groups excluding carboxylic acids is 1. The number of halogens is 2. The van der Waals surface area contributed by atoms with Gasteiger partial charge in [0.15, 0.2) is 0 Å². The van der Waals surface area contributed by atoms with Crippen molar-refractivity contribution in [3.05, 3.63) is 71.5 Å². The number of tetrazole rings is 1. The third-order valence-corrected chi connectivity index (χ3v) is 7.34. The second-order valence-electron chi connectivity index (χ2n) is 9.69. The lowest BCUT2D eigenvalue weighted by molar-refractivity contribution is 0.201. The first-order chi connectivity index (χ1) is 19.5. The SMILES string of the molecule is COCCN(c1ccc(-c2ccccc2-c2nn[nH]n2)cc1NC(=O)Nc1ccc(Cl)cc1F)C1CCCCC1. The minimum Gasteiger partial charge on any atom is -0.383 e. The Kier molecular flexibility index (Phi) is 8.87. The molecule has 0 radical (unpaired) electrons. The summed E-state index contributed by atoms with van der Waals surface area (Å²) in [5, 5.41) is 20.3. The Morgan fingerprint density at radius 3 is 2.55 bits per heavy atom. The van der Waals surface area contributed by atoms with Crippen LogP contribution in [-0.2, 0) is 4.74 Å². The van der Waals surface area contributed by atoms with E-state index in [0.717, 1.165) is 54.1 Å². The van der Waals surface area contributed by atoms with Crippen LogP contribution in [0, 0.1) is 5.82 Å². The van der Waals surface area contributed by atoms with E-state index in [2.05, 4.69) is 36.2 Å². The molecule has 0 saturated heterocycles. The molecule has 0 atom stereocenters. The second-order valence-corrected chi connectivity index (χ2v) is 10.1. The van der Waals surface area contributed by atoms with Crippen molar-refractivity contribution in [2.75, 3.05) is 35.8 Å². The molecule has 2 amide bonds. The highest BCUT2D eigenvalue weighted by Gasteiger charge is 2.25. The average Bonchev–Trinajstić information content (AvgIpc) is 3.51. The zero-order valence-corrected chi connectivity index (χ0v) is 22.9. The van der Waals surface area contributed by atoms with Gasteiger partial charge < -0.3 is 20.3 Å². The number of anilines is 3. The number of hydrogen-bond acceptors (Lipinski definition) is 6. The summed E-state index contributed by atoms with van der Waals surface area (Å²) >= 11 is 5.88. The summed E-state index contributed by atoms with van der Waals surface area (Å²) in [6.45, 7) is 1.21. The lowest BCUT2D eigenvalue weighted by Gasteiger charge is -2.37. The average molecular weight is 564 g/mol. The first-order valence-electron chi connectivity index (χ1n) is 13.3. The molecule has 1 saturated carbocycles. The van der Waals surface area contributed by atoms with Gasteiger partial charge in [0, 0.05) is 30.3 Å². The van der Waals surface area contributed by atoms with Crippen molar-refractivity contribution >= 4 is 34.7 Å². The fourth-order valence-corrected chi connectivity index (χ4v) is 5.37. The molecule has 0 unspecified atom stereocenters. The van der Waals surface area contributed by atoms with Crippen molar-refractivity contribution in [2.24, 2.45) is 0 Å². The molecule has 1 heterocycles. The van der Waals surface area contributed by atoms with E-state index in [1.54, 1.807) is 7.11 Å². The van der Waals surface area contributed by atoms with Crippen LogP contribution in [0.2, 0.25) is 5.02 Å². The number of aromatic nitrogens is 4. The Morgan fingerprint density at radius 2 is 1.82 bits per heavy atom. The van der Waals surface area contributed by atoms with Crippen LogP contribution in [0.25, 0.3) is 22.5 Å². The van der Waals surface area contributed by atoms with E-state index in [-0.39, 0.29) is 10.7 Å². The molecule has 3 aromatic carbocycles. The minimum atomic E-state index is -0.616. The molecule has 11 heteroatoms. The summed E-state index contributed by atoms with van der Waals surface area (Å²) in [6, 6.07) is 17.6. The fourth-order valence-electron chi connectivity index (χ4n) is 5.21. The molecule has 5 rings (SSSR count). The van der Waals surface area contributed by atoms with Gasteiger partial charge in [0.05, 0.1) is 23.7 Å². The number of benzene rings is 3.